The van der Waals surface area contributed by atoms with E-state index in [9.17, 15) is 13.2 Å². The Bertz CT molecular complexity index is 865. The number of carbonyl (C=O) groups is 1. The number of hydrogen-bond donors (Lipinski definition) is 1. The molecule has 1 heterocycles. The normalized spacial score (nSPS) is 15.5. The van der Waals surface area contributed by atoms with Crippen molar-refractivity contribution in [2.45, 2.75) is 50.1 Å². The first kappa shape index (κ1) is 18.7. The number of hydrogen-bond acceptors (Lipinski definition) is 4. The molecule has 7 heteroatoms. The van der Waals surface area contributed by atoms with Gasteiger partial charge in [0.2, 0.25) is 10.0 Å². The molecule has 140 valence electrons. The van der Waals surface area contributed by atoms with Gasteiger partial charge in [-0.05, 0) is 44.0 Å². The molecule has 1 aromatic heterocycles. The van der Waals surface area contributed by atoms with Crippen LogP contribution in [0.3, 0.4) is 0 Å². The summed E-state index contributed by atoms with van der Waals surface area (Å²) in [6.07, 6.45) is 4.26. The highest BCUT2D eigenvalue weighted by atomic mass is 32.2. The summed E-state index contributed by atoms with van der Waals surface area (Å²) in [5.41, 5.74) is 0.996. The van der Waals surface area contributed by atoms with Crippen LogP contribution in [0, 0.1) is 6.92 Å². The second kappa shape index (κ2) is 7.63. The highest BCUT2D eigenvalue weighted by Crippen LogP contribution is 2.20. The van der Waals surface area contributed by atoms with E-state index in [0.29, 0.717) is 5.76 Å². The summed E-state index contributed by atoms with van der Waals surface area (Å²) in [6, 6.07) is 10.1. The standard InChI is InChI=1S/C19H24N2O4S/c1-14-7-10-17(11-8-14)26(23,24)21(2)13-16-9-12-18(25-16)19(22)20-15-5-3-4-6-15/h7-12,15H,3-6,13H2,1-2H3,(H,20,22). The lowest BCUT2D eigenvalue weighted by molar-refractivity contribution is 0.0907. The number of benzene rings is 1. The van der Waals surface area contributed by atoms with E-state index in [4.69, 9.17) is 4.42 Å². The summed E-state index contributed by atoms with van der Waals surface area (Å²) in [4.78, 5) is 12.4. The van der Waals surface area contributed by atoms with Gasteiger partial charge in [0.15, 0.2) is 5.76 Å². The lowest BCUT2D eigenvalue weighted by Crippen LogP contribution is -2.32. The van der Waals surface area contributed by atoms with Crippen molar-refractivity contribution >= 4 is 15.9 Å². The Balaban J connectivity index is 1.66. The van der Waals surface area contributed by atoms with E-state index in [2.05, 4.69) is 5.32 Å². The maximum Gasteiger partial charge on any atom is 0.287 e. The Morgan fingerprint density at radius 2 is 1.81 bits per heavy atom. The first-order valence-corrected chi connectivity index (χ1v) is 10.2. The third-order valence-corrected chi connectivity index (χ3v) is 6.50. The molecule has 1 saturated carbocycles. The van der Waals surface area contributed by atoms with Crippen LogP contribution < -0.4 is 5.32 Å². The third-order valence-electron chi connectivity index (χ3n) is 4.68. The third kappa shape index (κ3) is 4.16. The monoisotopic (exact) mass is 376 g/mol. The summed E-state index contributed by atoms with van der Waals surface area (Å²) in [6.45, 7) is 1.97. The smallest absolute Gasteiger partial charge is 0.287 e. The molecular weight excluding hydrogens is 352 g/mol. The maximum atomic E-state index is 12.6. The quantitative estimate of drug-likeness (QED) is 0.840. The zero-order valence-corrected chi connectivity index (χ0v) is 15.9. The van der Waals surface area contributed by atoms with Crippen molar-refractivity contribution in [2.24, 2.45) is 0 Å². The highest BCUT2D eigenvalue weighted by Gasteiger charge is 2.23. The van der Waals surface area contributed by atoms with Crippen LogP contribution in [0.5, 0.6) is 0 Å². The molecular formula is C19H24N2O4S. The molecule has 0 atom stereocenters. The van der Waals surface area contributed by atoms with Gasteiger partial charge < -0.3 is 9.73 Å². The van der Waals surface area contributed by atoms with Gasteiger partial charge in [-0.1, -0.05) is 30.5 Å². The average Bonchev–Trinajstić information content (AvgIpc) is 3.27. The minimum Gasteiger partial charge on any atom is -0.455 e. The second-order valence-corrected chi connectivity index (χ2v) is 8.84. The van der Waals surface area contributed by atoms with Crippen molar-refractivity contribution in [3.8, 4) is 0 Å². The van der Waals surface area contributed by atoms with E-state index >= 15 is 0 Å². The molecule has 1 N–H and O–H groups in total. The molecule has 0 saturated heterocycles. The fourth-order valence-electron chi connectivity index (χ4n) is 3.11. The molecule has 2 aromatic rings. The minimum atomic E-state index is -3.61. The Hall–Kier alpha value is -2.12. The van der Waals surface area contributed by atoms with Gasteiger partial charge in [-0.15, -0.1) is 0 Å². The van der Waals surface area contributed by atoms with Gasteiger partial charge in [-0.25, -0.2) is 8.42 Å². The molecule has 1 aliphatic carbocycles. The molecule has 1 aliphatic rings. The van der Waals surface area contributed by atoms with E-state index in [1.54, 1.807) is 36.4 Å². The Morgan fingerprint density at radius 1 is 1.15 bits per heavy atom. The number of furan rings is 1. The Morgan fingerprint density at radius 3 is 2.46 bits per heavy atom. The fraction of sp³-hybridized carbons (Fsp3) is 0.421. The predicted octanol–water partition coefficient (Wildman–Crippen LogP) is 3.08. The van der Waals surface area contributed by atoms with Gasteiger partial charge >= 0.3 is 0 Å². The summed E-state index contributed by atoms with van der Waals surface area (Å²) in [5.74, 6) is 0.403. The number of amides is 1. The van der Waals surface area contributed by atoms with Crippen LogP contribution in [0.25, 0.3) is 0 Å². The summed E-state index contributed by atoms with van der Waals surface area (Å²) < 4.78 is 32.0. The number of sulfonamides is 1. The van der Waals surface area contributed by atoms with Gasteiger partial charge in [-0.2, -0.15) is 4.31 Å². The summed E-state index contributed by atoms with van der Waals surface area (Å²) in [7, 11) is -2.11. The van der Waals surface area contributed by atoms with E-state index in [1.165, 1.54) is 11.4 Å². The van der Waals surface area contributed by atoms with Crippen molar-refractivity contribution in [1.82, 2.24) is 9.62 Å². The molecule has 3 rings (SSSR count). The highest BCUT2D eigenvalue weighted by molar-refractivity contribution is 7.89. The number of nitrogens with zero attached hydrogens (tertiary/aromatic N) is 1. The van der Waals surface area contributed by atoms with Crippen LogP contribution in [-0.2, 0) is 16.6 Å². The van der Waals surface area contributed by atoms with E-state index in [-0.39, 0.29) is 29.1 Å². The zero-order valence-electron chi connectivity index (χ0n) is 15.1. The molecule has 0 spiro atoms. The summed E-state index contributed by atoms with van der Waals surface area (Å²) >= 11 is 0. The second-order valence-electron chi connectivity index (χ2n) is 6.79. The van der Waals surface area contributed by atoms with Crippen molar-refractivity contribution in [2.75, 3.05) is 7.05 Å². The van der Waals surface area contributed by atoms with E-state index < -0.39 is 10.0 Å². The number of carbonyl (C=O) groups excluding carboxylic acids is 1. The lowest BCUT2D eigenvalue weighted by atomic mass is 10.2. The molecule has 6 nitrogen and oxygen atoms in total. The van der Waals surface area contributed by atoms with Gasteiger partial charge in [0.1, 0.15) is 5.76 Å². The van der Waals surface area contributed by atoms with Crippen molar-refractivity contribution in [3.63, 3.8) is 0 Å². The average molecular weight is 376 g/mol. The largest absolute Gasteiger partial charge is 0.455 e. The van der Waals surface area contributed by atoms with Crippen molar-refractivity contribution < 1.29 is 17.6 Å². The number of nitrogens with one attached hydrogen (secondary N) is 1. The number of aryl methyl sites for hydroxylation is 1. The van der Waals surface area contributed by atoms with Gasteiger partial charge in [-0.3, -0.25) is 4.79 Å². The van der Waals surface area contributed by atoms with E-state index in [1.807, 2.05) is 6.92 Å². The molecule has 1 amide bonds. The fourth-order valence-corrected chi connectivity index (χ4v) is 4.24. The molecule has 1 aromatic carbocycles. The molecule has 26 heavy (non-hydrogen) atoms. The first-order chi connectivity index (χ1) is 12.4. The summed E-state index contributed by atoms with van der Waals surface area (Å²) in [5, 5.41) is 2.96. The van der Waals surface area contributed by atoms with Gasteiger partial charge in [0.05, 0.1) is 11.4 Å². The Labute approximate surface area is 154 Å². The molecule has 0 aliphatic heterocycles. The predicted molar refractivity (Wildman–Crippen MR) is 98.3 cm³/mol. The maximum absolute atomic E-state index is 12.6. The Kier molecular flexibility index (Phi) is 5.48. The van der Waals surface area contributed by atoms with Gasteiger partial charge in [0, 0.05) is 13.1 Å². The molecule has 0 bridgehead atoms. The topological polar surface area (TPSA) is 79.6 Å². The lowest BCUT2D eigenvalue weighted by Gasteiger charge is -2.16. The molecule has 0 unspecified atom stereocenters. The molecule has 1 fully saturated rings. The zero-order chi connectivity index (χ0) is 18.7. The van der Waals surface area contributed by atoms with Crippen LogP contribution >= 0.6 is 0 Å². The van der Waals surface area contributed by atoms with Crippen molar-refractivity contribution in [3.05, 3.63) is 53.5 Å². The first-order valence-electron chi connectivity index (χ1n) is 8.79. The van der Waals surface area contributed by atoms with Crippen LogP contribution in [0.15, 0.2) is 45.7 Å². The SMILES string of the molecule is Cc1ccc(S(=O)(=O)N(C)Cc2ccc(C(=O)NC3CCCC3)o2)cc1. The van der Waals surface area contributed by atoms with E-state index in [0.717, 1.165) is 31.2 Å². The minimum absolute atomic E-state index is 0.0624. The van der Waals surface area contributed by atoms with Gasteiger partial charge in [0.25, 0.3) is 5.91 Å². The van der Waals surface area contributed by atoms with Crippen LogP contribution in [0.2, 0.25) is 0 Å². The van der Waals surface area contributed by atoms with Crippen LogP contribution in [0.4, 0.5) is 0 Å². The van der Waals surface area contributed by atoms with Crippen LogP contribution in [-0.4, -0.2) is 31.7 Å². The van der Waals surface area contributed by atoms with Crippen molar-refractivity contribution in [1.29, 1.82) is 0 Å². The molecule has 0 radical (unpaired) electrons. The number of rotatable bonds is 6. The van der Waals surface area contributed by atoms with Crippen LogP contribution in [0.1, 0.15) is 47.6 Å².